The number of hydrogen-bond donors (Lipinski definition) is 1. The molecule has 1 aromatic rings. The quantitative estimate of drug-likeness (QED) is 0.840. The van der Waals surface area contributed by atoms with E-state index in [0.717, 1.165) is 10.9 Å². The number of likely N-dealkylation sites (N-methyl/N-ethyl adjacent to an activating group) is 1. The van der Waals surface area contributed by atoms with Crippen LogP contribution in [0.5, 0.6) is 0 Å². The third-order valence-electron chi connectivity index (χ3n) is 2.05. The van der Waals surface area contributed by atoms with Gasteiger partial charge in [0.25, 0.3) is 0 Å². The molecule has 1 heterocycles. The highest BCUT2D eigenvalue weighted by Crippen LogP contribution is 2.22. The van der Waals surface area contributed by atoms with Crippen LogP contribution in [0.2, 0.25) is 4.34 Å². The molecule has 1 atom stereocenters. The van der Waals surface area contributed by atoms with Crippen LogP contribution in [0, 0.1) is 0 Å². The molecule has 74 valence electrons. The summed E-state index contributed by atoms with van der Waals surface area (Å²) in [6.45, 7) is 3.03. The van der Waals surface area contributed by atoms with Gasteiger partial charge in [0, 0.05) is 17.5 Å². The van der Waals surface area contributed by atoms with Crippen LogP contribution >= 0.6 is 22.9 Å². The summed E-state index contributed by atoms with van der Waals surface area (Å²) in [5, 5.41) is 8.92. The summed E-state index contributed by atoms with van der Waals surface area (Å²) < 4.78 is 0.819. The molecule has 0 aliphatic rings. The van der Waals surface area contributed by atoms with Crippen LogP contribution in [0.25, 0.3) is 0 Å². The van der Waals surface area contributed by atoms with Crippen molar-refractivity contribution in [1.29, 1.82) is 0 Å². The second-order valence-corrected chi connectivity index (χ2v) is 4.95. The number of nitrogens with zero attached hydrogens (tertiary/aromatic N) is 1. The molecule has 0 bridgehead atoms. The van der Waals surface area contributed by atoms with E-state index in [4.69, 9.17) is 16.7 Å². The van der Waals surface area contributed by atoms with Gasteiger partial charge in [-0.05, 0) is 26.1 Å². The van der Waals surface area contributed by atoms with Crippen molar-refractivity contribution < 1.29 is 5.11 Å². The Labute approximate surface area is 87.8 Å². The van der Waals surface area contributed by atoms with E-state index in [1.165, 1.54) is 4.88 Å². The van der Waals surface area contributed by atoms with Crippen molar-refractivity contribution in [3.05, 3.63) is 21.3 Å². The zero-order valence-corrected chi connectivity index (χ0v) is 9.40. The lowest BCUT2D eigenvalue weighted by Crippen LogP contribution is -2.31. The van der Waals surface area contributed by atoms with Gasteiger partial charge in [-0.2, -0.15) is 0 Å². The van der Waals surface area contributed by atoms with Crippen molar-refractivity contribution >= 4 is 22.9 Å². The highest BCUT2D eigenvalue weighted by Gasteiger charge is 2.08. The number of aliphatic hydroxyl groups excluding tert-OH is 1. The Morgan fingerprint density at radius 3 is 2.77 bits per heavy atom. The van der Waals surface area contributed by atoms with Gasteiger partial charge in [-0.15, -0.1) is 11.3 Å². The van der Waals surface area contributed by atoms with Crippen LogP contribution in [-0.4, -0.2) is 29.7 Å². The first-order chi connectivity index (χ1) is 6.13. The zero-order valence-electron chi connectivity index (χ0n) is 7.83. The number of halogens is 1. The normalized spacial score (nSPS) is 13.6. The average molecular weight is 220 g/mol. The average Bonchev–Trinajstić information content (AvgIpc) is 2.49. The molecule has 1 unspecified atom stereocenters. The summed E-state index contributed by atoms with van der Waals surface area (Å²) in [6.07, 6.45) is 0. The van der Waals surface area contributed by atoms with E-state index in [2.05, 4.69) is 4.90 Å². The molecule has 1 aromatic heterocycles. The molecule has 0 spiro atoms. The van der Waals surface area contributed by atoms with Crippen molar-refractivity contribution in [2.45, 2.75) is 19.5 Å². The molecular formula is C9H14ClNOS. The van der Waals surface area contributed by atoms with Gasteiger partial charge >= 0.3 is 0 Å². The lowest BCUT2D eigenvalue weighted by atomic mass is 10.3. The minimum absolute atomic E-state index is 0.190. The minimum atomic E-state index is 0.190. The third kappa shape index (κ3) is 3.27. The number of thiophene rings is 1. The van der Waals surface area contributed by atoms with Gasteiger partial charge in [0.2, 0.25) is 0 Å². The summed E-state index contributed by atoms with van der Waals surface area (Å²) in [5.74, 6) is 0. The van der Waals surface area contributed by atoms with E-state index in [9.17, 15) is 0 Å². The maximum atomic E-state index is 8.92. The van der Waals surface area contributed by atoms with Crippen LogP contribution in [0.1, 0.15) is 11.8 Å². The molecule has 0 fully saturated rings. The lowest BCUT2D eigenvalue weighted by Gasteiger charge is -2.21. The highest BCUT2D eigenvalue weighted by atomic mass is 35.5. The van der Waals surface area contributed by atoms with Crippen LogP contribution < -0.4 is 0 Å². The van der Waals surface area contributed by atoms with Crippen molar-refractivity contribution in [2.24, 2.45) is 0 Å². The van der Waals surface area contributed by atoms with Crippen LogP contribution in [0.3, 0.4) is 0 Å². The topological polar surface area (TPSA) is 23.5 Å². The Kier molecular flexibility index (Phi) is 4.19. The molecule has 13 heavy (non-hydrogen) atoms. The molecule has 0 radical (unpaired) electrons. The second-order valence-electron chi connectivity index (χ2n) is 3.15. The van der Waals surface area contributed by atoms with Crippen molar-refractivity contribution in [1.82, 2.24) is 4.90 Å². The van der Waals surface area contributed by atoms with E-state index in [1.807, 2.05) is 26.1 Å². The predicted octanol–water partition coefficient (Wildman–Crippen LogP) is 2.21. The summed E-state index contributed by atoms with van der Waals surface area (Å²) >= 11 is 7.39. The molecule has 0 saturated heterocycles. The summed E-state index contributed by atoms with van der Waals surface area (Å²) in [4.78, 5) is 3.33. The zero-order chi connectivity index (χ0) is 9.84. The summed E-state index contributed by atoms with van der Waals surface area (Å²) in [6, 6.07) is 4.12. The smallest absolute Gasteiger partial charge is 0.0931 e. The lowest BCUT2D eigenvalue weighted by molar-refractivity contribution is 0.155. The summed E-state index contributed by atoms with van der Waals surface area (Å²) in [7, 11) is 1.99. The van der Waals surface area contributed by atoms with Crippen molar-refractivity contribution in [2.75, 3.05) is 13.7 Å². The van der Waals surface area contributed by atoms with E-state index in [0.29, 0.717) is 0 Å². The fraction of sp³-hybridized carbons (Fsp3) is 0.556. The molecule has 0 saturated carbocycles. The molecule has 0 aromatic carbocycles. The molecule has 0 aliphatic heterocycles. The van der Waals surface area contributed by atoms with E-state index < -0.39 is 0 Å². The Morgan fingerprint density at radius 1 is 1.62 bits per heavy atom. The number of rotatable bonds is 4. The van der Waals surface area contributed by atoms with E-state index in [-0.39, 0.29) is 12.6 Å². The monoisotopic (exact) mass is 219 g/mol. The third-order valence-corrected chi connectivity index (χ3v) is 3.27. The first kappa shape index (κ1) is 11.0. The SMILES string of the molecule is CC(CO)N(C)Cc1ccc(Cl)s1. The largest absolute Gasteiger partial charge is 0.395 e. The predicted molar refractivity (Wildman–Crippen MR) is 57.3 cm³/mol. The molecule has 0 aliphatic carbocycles. The van der Waals surface area contributed by atoms with Gasteiger partial charge in [-0.1, -0.05) is 11.6 Å². The van der Waals surface area contributed by atoms with Crippen LogP contribution in [-0.2, 0) is 6.54 Å². The maximum Gasteiger partial charge on any atom is 0.0931 e. The first-order valence-electron chi connectivity index (χ1n) is 4.18. The standard InChI is InChI=1S/C9H14ClNOS/c1-7(6-12)11(2)5-8-3-4-9(10)13-8/h3-4,7,12H,5-6H2,1-2H3. The van der Waals surface area contributed by atoms with E-state index >= 15 is 0 Å². The van der Waals surface area contributed by atoms with Crippen molar-refractivity contribution in [3.63, 3.8) is 0 Å². The van der Waals surface area contributed by atoms with Crippen LogP contribution in [0.15, 0.2) is 12.1 Å². The Hall–Kier alpha value is -0.0900. The fourth-order valence-electron chi connectivity index (χ4n) is 0.978. The Morgan fingerprint density at radius 2 is 2.31 bits per heavy atom. The molecular weight excluding hydrogens is 206 g/mol. The molecule has 1 rings (SSSR count). The molecule has 1 N–H and O–H groups in total. The van der Waals surface area contributed by atoms with Gasteiger partial charge in [0.1, 0.15) is 0 Å². The molecule has 0 amide bonds. The van der Waals surface area contributed by atoms with Crippen LogP contribution in [0.4, 0.5) is 0 Å². The molecule has 2 nitrogen and oxygen atoms in total. The van der Waals surface area contributed by atoms with Gasteiger partial charge in [0.05, 0.1) is 10.9 Å². The minimum Gasteiger partial charge on any atom is -0.395 e. The Balaban J connectivity index is 2.49. The van der Waals surface area contributed by atoms with Gasteiger partial charge < -0.3 is 5.11 Å². The van der Waals surface area contributed by atoms with Gasteiger partial charge in [-0.25, -0.2) is 0 Å². The second kappa shape index (κ2) is 4.96. The first-order valence-corrected chi connectivity index (χ1v) is 5.38. The van der Waals surface area contributed by atoms with Gasteiger partial charge in [0.15, 0.2) is 0 Å². The highest BCUT2D eigenvalue weighted by molar-refractivity contribution is 7.16. The summed E-state index contributed by atoms with van der Waals surface area (Å²) in [5.41, 5.74) is 0. The van der Waals surface area contributed by atoms with Crippen molar-refractivity contribution in [3.8, 4) is 0 Å². The Bertz CT molecular complexity index is 264. The molecule has 4 heteroatoms. The number of aliphatic hydroxyl groups is 1. The number of hydrogen-bond acceptors (Lipinski definition) is 3. The van der Waals surface area contributed by atoms with Gasteiger partial charge in [-0.3, -0.25) is 4.90 Å². The maximum absolute atomic E-state index is 8.92. The fourth-order valence-corrected chi connectivity index (χ4v) is 2.13. The van der Waals surface area contributed by atoms with E-state index in [1.54, 1.807) is 11.3 Å².